The van der Waals surface area contributed by atoms with Crippen LogP contribution in [0.15, 0.2) is 36.4 Å². The third-order valence-electron chi connectivity index (χ3n) is 3.81. The van der Waals surface area contributed by atoms with Gasteiger partial charge in [0.2, 0.25) is 0 Å². The summed E-state index contributed by atoms with van der Waals surface area (Å²) in [4.78, 5) is 0. The summed E-state index contributed by atoms with van der Waals surface area (Å²) in [5, 5.41) is 3.27. The summed E-state index contributed by atoms with van der Waals surface area (Å²) in [6.45, 7) is 8.72. The topological polar surface area (TPSA) is 12.0 Å². The number of hydrogen-bond acceptors (Lipinski definition) is 1. The highest BCUT2D eigenvalue weighted by Gasteiger charge is 2.08. The average molecular weight is 253 g/mol. The fourth-order valence-electron chi connectivity index (χ4n) is 2.74. The number of benzene rings is 2. The van der Waals surface area contributed by atoms with Crippen LogP contribution in [0.1, 0.15) is 35.2 Å². The Morgan fingerprint density at radius 3 is 1.89 bits per heavy atom. The molecule has 1 atom stereocenters. The maximum atomic E-state index is 3.27. The minimum Gasteiger partial charge on any atom is -0.313 e. The predicted octanol–water partition coefficient (Wildman–Crippen LogP) is 4.56. The van der Waals surface area contributed by atoms with E-state index in [1.165, 1.54) is 33.4 Å². The molecule has 2 aromatic carbocycles. The van der Waals surface area contributed by atoms with Crippen LogP contribution in [0.2, 0.25) is 0 Å². The van der Waals surface area contributed by atoms with Crippen LogP contribution in [0, 0.1) is 20.8 Å². The van der Waals surface area contributed by atoms with Crippen LogP contribution in [0.5, 0.6) is 0 Å². The molecule has 19 heavy (non-hydrogen) atoms. The van der Waals surface area contributed by atoms with Crippen molar-refractivity contribution in [3.63, 3.8) is 0 Å². The van der Waals surface area contributed by atoms with E-state index in [9.17, 15) is 0 Å². The number of rotatable bonds is 3. The maximum Gasteiger partial charge on any atom is 0.0289 e. The first-order valence-corrected chi connectivity index (χ1v) is 6.88. The lowest BCUT2D eigenvalue weighted by molar-refractivity contribution is 0.652. The molecule has 0 saturated carbocycles. The Morgan fingerprint density at radius 2 is 1.42 bits per heavy atom. The van der Waals surface area contributed by atoms with E-state index < -0.39 is 0 Å². The van der Waals surface area contributed by atoms with Gasteiger partial charge in [0.25, 0.3) is 0 Å². The summed E-state index contributed by atoms with van der Waals surface area (Å²) in [6.07, 6.45) is 0. The molecule has 0 aliphatic heterocycles. The van der Waals surface area contributed by atoms with Gasteiger partial charge >= 0.3 is 0 Å². The van der Waals surface area contributed by atoms with Crippen molar-refractivity contribution in [3.8, 4) is 11.1 Å². The van der Waals surface area contributed by atoms with Gasteiger partial charge in [0, 0.05) is 6.04 Å². The molecule has 0 radical (unpaired) electrons. The molecule has 1 unspecified atom stereocenters. The second-order valence-corrected chi connectivity index (χ2v) is 5.41. The van der Waals surface area contributed by atoms with Gasteiger partial charge in [0.1, 0.15) is 0 Å². The lowest BCUT2D eigenvalue weighted by atomic mass is 9.93. The maximum absolute atomic E-state index is 3.27. The molecule has 0 aliphatic rings. The first-order valence-electron chi connectivity index (χ1n) is 6.88. The van der Waals surface area contributed by atoms with Crippen LogP contribution in [0.4, 0.5) is 0 Å². The molecular weight excluding hydrogens is 230 g/mol. The summed E-state index contributed by atoms with van der Waals surface area (Å²) in [6, 6.07) is 13.8. The molecule has 2 aromatic rings. The van der Waals surface area contributed by atoms with Crippen LogP contribution in [0.25, 0.3) is 11.1 Å². The van der Waals surface area contributed by atoms with Crippen molar-refractivity contribution in [3.05, 3.63) is 58.7 Å². The zero-order valence-corrected chi connectivity index (χ0v) is 12.5. The molecule has 0 heterocycles. The molecule has 0 aromatic heterocycles. The van der Waals surface area contributed by atoms with E-state index in [1.54, 1.807) is 0 Å². The zero-order chi connectivity index (χ0) is 14.0. The number of nitrogens with one attached hydrogen (secondary N) is 1. The van der Waals surface area contributed by atoms with Crippen LogP contribution in [0.3, 0.4) is 0 Å². The minimum absolute atomic E-state index is 0.397. The normalized spacial score (nSPS) is 12.5. The third-order valence-corrected chi connectivity index (χ3v) is 3.81. The molecule has 0 aliphatic carbocycles. The first kappa shape index (κ1) is 13.8. The van der Waals surface area contributed by atoms with E-state index in [4.69, 9.17) is 0 Å². The first-order chi connectivity index (χ1) is 9.02. The molecule has 1 heteroatoms. The molecule has 2 rings (SSSR count). The molecule has 100 valence electrons. The largest absolute Gasteiger partial charge is 0.313 e. The predicted molar refractivity (Wildman–Crippen MR) is 83.6 cm³/mol. The minimum atomic E-state index is 0.397. The second kappa shape index (κ2) is 5.58. The standard InChI is InChI=1S/C18H23N/c1-12-10-13(2)18(14(3)11-12)17-8-6-16(7-9-17)15(4)19-5/h6-11,15,19H,1-5H3. The lowest BCUT2D eigenvalue weighted by Gasteiger charge is -2.14. The van der Waals surface area contributed by atoms with Crippen molar-refractivity contribution in [1.29, 1.82) is 0 Å². The van der Waals surface area contributed by atoms with Gasteiger partial charge < -0.3 is 5.32 Å². The highest BCUT2D eigenvalue weighted by atomic mass is 14.8. The number of hydrogen-bond donors (Lipinski definition) is 1. The fourth-order valence-corrected chi connectivity index (χ4v) is 2.74. The van der Waals surface area contributed by atoms with Crippen LogP contribution in [-0.2, 0) is 0 Å². The van der Waals surface area contributed by atoms with E-state index in [1.807, 2.05) is 7.05 Å². The average Bonchev–Trinajstić information content (AvgIpc) is 2.37. The lowest BCUT2D eigenvalue weighted by Crippen LogP contribution is -2.11. The molecule has 0 fully saturated rings. The van der Waals surface area contributed by atoms with Gasteiger partial charge in [-0.05, 0) is 62.6 Å². The van der Waals surface area contributed by atoms with Gasteiger partial charge in [-0.15, -0.1) is 0 Å². The summed E-state index contributed by atoms with van der Waals surface area (Å²) in [7, 11) is 1.99. The molecule has 0 spiro atoms. The number of aryl methyl sites for hydroxylation is 3. The Kier molecular flexibility index (Phi) is 4.06. The van der Waals surface area contributed by atoms with Gasteiger partial charge in [-0.2, -0.15) is 0 Å². The smallest absolute Gasteiger partial charge is 0.0289 e. The fraction of sp³-hybridized carbons (Fsp3) is 0.333. The Hall–Kier alpha value is -1.60. The van der Waals surface area contributed by atoms with Gasteiger partial charge in [-0.3, -0.25) is 0 Å². The second-order valence-electron chi connectivity index (χ2n) is 5.41. The summed E-state index contributed by atoms with van der Waals surface area (Å²) in [5.74, 6) is 0. The van der Waals surface area contributed by atoms with Crippen LogP contribution < -0.4 is 5.32 Å². The van der Waals surface area contributed by atoms with Crippen molar-refractivity contribution in [2.75, 3.05) is 7.05 Å². The Morgan fingerprint density at radius 1 is 0.895 bits per heavy atom. The third kappa shape index (κ3) is 2.87. The van der Waals surface area contributed by atoms with Crippen molar-refractivity contribution in [1.82, 2.24) is 5.32 Å². The molecular formula is C18H23N. The quantitative estimate of drug-likeness (QED) is 0.845. The Bertz CT molecular complexity index is 544. The van der Waals surface area contributed by atoms with Crippen molar-refractivity contribution in [2.45, 2.75) is 33.7 Å². The van der Waals surface area contributed by atoms with Gasteiger partial charge in [-0.25, -0.2) is 0 Å². The van der Waals surface area contributed by atoms with Crippen molar-refractivity contribution < 1.29 is 0 Å². The van der Waals surface area contributed by atoms with E-state index in [-0.39, 0.29) is 0 Å². The highest BCUT2D eigenvalue weighted by molar-refractivity contribution is 5.71. The zero-order valence-electron chi connectivity index (χ0n) is 12.5. The monoisotopic (exact) mass is 253 g/mol. The molecule has 0 saturated heterocycles. The molecule has 1 nitrogen and oxygen atoms in total. The van der Waals surface area contributed by atoms with Crippen molar-refractivity contribution in [2.24, 2.45) is 0 Å². The van der Waals surface area contributed by atoms with E-state index >= 15 is 0 Å². The summed E-state index contributed by atoms with van der Waals surface area (Å²) >= 11 is 0. The van der Waals surface area contributed by atoms with Gasteiger partial charge in [0.15, 0.2) is 0 Å². The molecule has 0 bridgehead atoms. The van der Waals surface area contributed by atoms with Crippen LogP contribution >= 0.6 is 0 Å². The van der Waals surface area contributed by atoms with Gasteiger partial charge in [0.05, 0.1) is 0 Å². The SMILES string of the molecule is CNC(C)c1ccc(-c2c(C)cc(C)cc2C)cc1. The highest BCUT2D eigenvalue weighted by Crippen LogP contribution is 2.29. The van der Waals surface area contributed by atoms with Crippen molar-refractivity contribution >= 4 is 0 Å². The summed E-state index contributed by atoms with van der Waals surface area (Å²) in [5.41, 5.74) is 8.04. The van der Waals surface area contributed by atoms with Gasteiger partial charge in [-0.1, -0.05) is 42.0 Å². The van der Waals surface area contributed by atoms with E-state index in [0.717, 1.165) is 0 Å². The van der Waals surface area contributed by atoms with E-state index in [2.05, 4.69) is 69.4 Å². The van der Waals surface area contributed by atoms with Crippen LogP contribution in [-0.4, -0.2) is 7.05 Å². The molecule has 0 amide bonds. The summed E-state index contributed by atoms with van der Waals surface area (Å²) < 4.78 is 0. The molecule has 1 N–H and O–H groups in total. The van der Waals surface area contributed by atoms with E-state index in [0.29, 0.717) is 6.04 Å². The Labute approximate surface area is 116 Å². The Balaban J connectivity index is 2.43.